The van der Waals surface area contributed by atoms with Crippen LogP contribution in [0.1, 0.15) is 0 Å². The average Bonchev–Trinajstić information content (AvgIpc) is 3.11. The van der Waals surface area contributed by atoms with Crippen LogP contribution in [-0.2, 0) is 0 Å². The van der Waals surface area contributed by atoms with Gasteiger partial charge in [-0.15, -0.1) is 0 Å². The lowest BCUT2D eigenvalue weighted by molar-refractivity contribution is 1.59. The third-order valence-electron chi connectivity index (χ3n) is 8.67. The van der Waals surface area contributed by atoms with E-state index in [4.69, 9.17) is 0 Å². The first-order chi connectivity index (χ1) is 21.8. The molecule has 0 aromatic heterocycles. The van der Waals surface area contributed by atoms with Gasteiger partial charge in [0.25, 0.3) is 0 Å². The fourth-order valence-electron chi connectivity index (χ4n) is 6.65. The summed E-state index contributed by atoms with van der Waals surface area (Å²) >= 11 is 0. The second-order valence-corrected chi connectivity index (χ2v) is 11.3. The molecule has 0 aliphatic rings. The van der Waals surface area contributed by atoms with Crippen LogP contribution < -0.4 is 0 Å². The van der Waals surface area contributed by atoms with Gasteiger partial charge in [0.05, 0.1) is 0 Å². The average molecular weight is 559 g/mol. The molecule has 0 radical (unpaired) electrons. The maximum absolute atomic E-state index is 2.40. The van der Waals surface area contributed by atoms with Crippen LogP contribution in [-0.4, -0.2) is 0 Å². The van der Waals surface area contributed by atoms with Crippen LogP contribution >= 0.6 is 0 Å². The Morgan fingerprint density at radius 1 is 0.205 bits per heavy atom. The highest BCUT2D eigenvalue weighted by atomic mass is 14.2. The first kappa shape index (κ1) is 25.9. The van der Waals surface area contributed by atoms with Crippen molar-refractivity contribution in [2.75, 3.05) is 0 Å². The van der Waals surface area contributed by atoms with Crippen LogP contribution in [0.3, 0.4) is 0 Å². The van der Waals surface area contributed by atoms with Crippen molar-refractivity contribution in [3.8, 4) is 55.6 Å². The van der Waals surface area contributed by atoms with Crippen LogP contribution in [0.2, 0.25) is 0 Å². The lowest BCUT2D eigenvalue weighted by Gasteiger charge is -2.21. The summed E-state index contributed by atoms with van der Waals surface area (Å²) in [6.07, 6.45) is 0. The van der Waals surface area contributed by atoms with Gasteiger partial charge in [-0.2, -0.15) is 0 Å². The lowest BCUT2D eigenvalue weighted by Crippen LogP contribution is -1.93. The third kappa shape index (κ3) is 4.58. The Morgan fingerprint density at radius 3 is 1.32 bits per heavy atom. The molecular weight excluding hydrogens is 528 g/mol. The Hall–Kier alpha value is -5.72. The van der Waals surface area contributed by atoms with Gasteiger partial charge in [0.15, 0.2) is 0 Å². The smallest absolute Gasteiger partial charge is 0.00199 e. The highest BCUT2D eigenvalue weighted by molar-refractivity contribution is 6.23. The van der Waals surface area contributed by atoms with Gasteiger partial charge in [0, 0.05) is 0 Å². The SMILES string of the molecule is c1ccc(-c2cccc(-c3c4ccccc4c(-c4ccccc4-c4ccccc4)c4cc(-c5ccccc5)ccc34)c2)cc1. The molecule has 0 heterocycles. The number of hydrogen-bond donors (Lipinski definition) is 0. The monoisotopic (exact) mass is 558 g/mol. The number of rotatable bonds is 5. The zero-order valence-electron chi connectivity index (χ0n) is 24.3. The van der Waals surface area contributed by atoms with Crippen molar-refractivity contribution in [1.29, 1.82) is 0 Å². The van der Waals surface area contributed by atoms with E-state index in [2.05, 4.69) is 182 Å². The first-order valence-electron chi connectivity index (χ1n) is 15.2. The van der Waals surface area contributed by atoms with E-state index < -0.39 is 0 Å². The molecule has 0 spiro atoms. The molecule has 8 rings (SSSR count). The molecule has 0 amide bonds. The van der Waals surface area contributed by atoms with Crippen molar-refractivity contribution in [3.05, 3.63) is 182 Å². The molecule has 0 saturated carbocycles. The van der Waals surface area contributed by atoms with Crippen molar-refractivity contribution in [1.82, 2.24) is 0 Å². The molecular formula is C44H30. The second-order valence-electron chi connectivity index (χ2n) is 11.3. The van der Waals surface area contributed by atoms with Crippen molar-refractivity contribution in [2.45, 2.75) is 0 Å². The third-order valence-corrected chi connectivity index (χ3v) is 8.67. The van der Waals surface area contributed by atoms with Crippen molar-refractivity contribution in [3.63, 3.8) is 0 Å². The zero-order valence-corrected chi connectivity index (χ0v) is 24.3. The molecule has 0 atom stereocenters. The predicted octanol–water partition coefficient (Wildman–Crippen LogP) is 12.3. The predicted molar refractivity (Wildman–Crippen MR) is 189 cm³/mol. The molecule has 8 aromatic carbocycles. The molecule has 0 heteroatoms. The summed E-state index contributed by atoms with van der Waals surface area (Å²) in [5.74, 6) is 0. The van der Waals surface area contributed by atoms with Gasteiger partial charge in [0.1, 0.15) is 0 Å². The van der Waals surface area contributed by atoms with Crippen molar-refractivity contribution in [2.24, 2.45) is 0 Å². The molecule has 8 aromatic rings. The molecule has 206 valence electrons. The van der Waals surface area contributed by atoms with Crippen LogP contribution in [0.5, 0.6) is 0 Å². The molecule has 0 nitrogen and oxygen atoms in total. The molecule has 0 N–H and O–H groups in total. The quantitative estimate of drug-likeness (QED) is 0.184. The molecule has 0 aliphatic heterocycles. The summed E-state index contributed by atoms with van der Waals surface area (Å²) in [5, 5.41) is 5.03. The summed E-state index contributed by atoms with van der Waals surface area (Å²) in [7, 11) is 0. The highest BCUT2D eigenvalue weighted by Crippen LogP contribution is 2.47. The van der Waals surface area contributed by atoms with E-state index in [1.165, 1.54) is 77.2 Å². The number of hydrogen-bond acceptors (Lipinski definition) is 0. The summed E-state index contributed by atoms with van der Waals surface area (Å²) in [6.45, 7) is 0. The normalized spacial score (nSPS) is 11.2. The molecule has 0 bridgehead atoms. The summed E-state index contributed by atoms with van der Waals surface area (Å²) < 4.78 is 0. The van der Waals surface area contributed by atoms with Crippen LogP contribution in [0.15, 0.2) is 182 Å². The van der Waals surface area contributed by atoms with Gasteiger partial charge < -0.3 is 0 Å². The van der Waals surface area contributed by atoms with Crippen LogP contribution in [0, 0.1) is 0 Å². The lowest BCUT2D eigenvalue weighted by atomic mass is 9.82. The van der Waals surface area contributed by atoms with E-state index in [-0.39, 0.29) is 0 Å². The number of fused-ring (bicyclic) bond motifs is 2. The largest absolute Gasteiger partial charge is 0.0622 e. The van der Waals surface area contributed by atoms with E-state index in [0.717, 1.165) is 0 Å². The maximum atomic E-state index is 2.40. The Balaban J connectivity index is 1.49. The fourth-order valence-corrected chi connectivity index (χ4v) is 6.65. The van der Waals surface area contributed by atoms with Crippen LogP contribution in [0.25, 0.3) is 77.2 Å². The minimum Gasteiger partial charge on any atom is -0.0622 e. The van der Waals surface area contributed by atoms with E-state index >= 15 is 0 Å². The second kappa shape index (κ2) is 11.2. The molecule has 0 fully saturated rings. The topological polar surface area (TPSA) is 0 Å². The van der Waals surface area contributed by atoms with E-state index in [9.17, 15) is 0 Å². The highest BCUT2D eigenvalue weighted by Gasteiger charge is 2.19. The minimum absolute atomic E-state index is 1.22. The van der Waals surface area contributed by atoms with Gasteiger partial charge in [0.2, 0.25) is 0 Å². The summed E-state index contributed by atoms with van der Waals surface area (Å²) in [5.41, 5.74) is 12.4. The van der Waals surface area contributed by atoms with Crippen molar-refractivity contribution >= 4 is 21.5 Å². The van der Waals surface area contributed by atoms with E-state index in [1.54, 1.807) is 0 Å². The van der Waals surface area contributed by atoms with E-state index in [0.29, 0.717) is 0 Å². The van der Waals surface area contributed by atoms with Gasteiger partial charge in [-0.3, -0.25) is 0 Å². The Labute approximate surface area is 258 Å². The van der Waals surface area contributed by atoms with Gasteiger partial charge in [-0.25, -0.2) is 0 Å². The first-order valence-corrected chi connectivity index (χ1v) is 15.2. The molecule has 0 saturated heterocycles. The molecule has 0 aliphatic carbocycles. The minimum atomic E-state index is 1.22. The van der Waals surface area contributed by atoms with Gasteiger partial charge in [-0.1, -0.05) is 170 Å². The maximum Gasteiger partial charge on any atom is -0.00199 e. The summed E-state index contributed by atoms with van der Waals surface area (Å²) in [4.78, 5) is 0. The summed E-state index contributed by atoms with van der Waals surface area (Å²) in [6, 6.07) is 65.9. The number of benzene rings is 8. The van der Waals surface area contributed by atoms with Crippen molar-refractivity contribution < 1.29 is 0 Å². The fraction of sp³-hybridized carbons (Fsp3) is 0. The standard InChI is InChI=1S/C44H30/c1-4-15-31(16-5-1)34-21-14-22-36(29-34)43-39-25-12-13-26-40(39)44(38-24-11-10-23-37(38)33-19-8-3-9-20-33)42-30-35(27-28-41(42)43)32-17-6-2-7-18-32/h1-30H. The Bertz CT molecular complexity index is 2240. The van der Waals surface area contributed by atoms with Gasteiger partial charge in [-0.05, 0) is 89.3 Å². The van der Waals surface area contributed by atoms with Gasteiger partial charge >= 0.3 is 0 Å². The molecule has 44 heavy (non-hydrogen) atoms. The van der Waals surface area contributed by atoms with Crippen LogP contribution in [0.4, 0.5) is 0 Å². The Kier molecular flexibility index (Phi) is 6.59. The Morgan fingerprint density at radius 2 is 0.659 bits per heavy atom. The molecule has 0 unspecified atom stereocenters. The zero-order chi connectivity index (χ0) is 29.3. The van der Waals surface area contributed by atoms with E-state index in [1.807, 2.05) is 0 Å².